The van der Waals surface area contributed by atoms with Crippen molar-refractivity contribution in [3.05, 3.63) is 101 Å². The van der Waals surface area contributed by atoms with Gasteiger partial charge in [-0.3, -0.25) is 9.59 Å². The van der Waals surface area contributed by atoms with Gasteiger partial charge in [0.15, 0.2) is 0 Å². The summed E-state index contributed by atoms with van der Waals surface area (Å²) in [7, 11) is -4.23. The summed E-state index contributed by atoms with van der Waals surface area (Å²) < 4.78 is 29.8. The summed E-state index contributed by atoms with van der Waals surface area (Å²) in [4.78, 5) is 35.0. The molecule has 0 radical (unpaired) electrons. The first kappa shape index (κ1) is 23.6. The zero-order valence-electron chi connectivity index (χ0n) is 18.3. The molecule has 0 atom stereocenters. The number of hydrogen-bond donors (Lipinski definition) is 2. The van der Waals surface area contributed by atoms with Crippen LogP contribution in [0.5, 0.6) is 0 Å². The summed E-state index contributed by atoms with van der Waals surface area (Å²) in [6.07, 6.45) is 1.35. The highest BCUT2D eigenvalue weighted by molar-refractivity contribution is 7.90. The Kier molecular flexibility index (Phi) is 6.30. The highest BCUT2D eigenvalue weighted by Gasteiger charge is 2.26. The molecule has 0 unspecified atom stereocenters. The van der Waals surface area contributed by atoms with E-state index in [1.54, 1.807) is 48.5 Å². The third-order valence-corrected chi connectivity index (χ3v) is 6.37. The number of rotatable bonds is 6. The Hall–Kier alpha value is -4.57. The van der Waals surface area contributed by atoms with Gasteiger partial charge in [0.1, 0.15) is 0 Å². The first-order chi connectivity index (χ1) is 16.6. The minimum atomic E-state index is -4.23. The molecule has 0 saturated heterocycles. The van der Waals surface area contributed by atoms with E-state index in [9.17, 15) is 27.9 Å². The Morgan fingerprint density at radius 2 is 1.46 bits per heavy atom. The van der Waals surface area contributed by atoms with Gasteiger partial charge in [-0.05, 0) is 48.0 Å². The number of Topliss-reactive ketones (excluding diaryl/α,β-unsaturated/α-hetero) is 1. The van der Waals surface area contributed by atoms with Crippen molar-refractivity contribution in [2.75, 3.05) is 10.6 Å². The van der Waals surface area contributed by atoms with E-state index in [4.69, 9.17) is 0 Å². The summed E-state index contributed by atoms with van der Waals surface area (Å²) in [5.41, 5.74) is 1.72. The van der Waals surface area contributed by atoms with Gasteiger partial charge in [-0.15, -0.1) is 0 Å². The molecule has 0 spiro atoms. The highest BCUT2D eigenvalue weighted by Crippen LogP contribution is 2.26. The number of carbonyl (C=O) groups excluding carboxylic acids is 3. The largest absolute Gasteiger partial charge is 0.545 e. The molecule has 0 fully saturated rings. The van der Waals surface area contributed by atoms with E-state index in [0.29, 0.717) is 16.9 Å². The monoisotopic (exact) mass is 488 g/mol. The fourth-order valence-corrected chi connectivity index (χ4v) is 4.43. The van der Waals surface area contributed by atoms with Crippen LogP contribution in [-0.4, -0.2) is 31.8 Å². The molecule has 1 amide bonds. The van der Waals surface area contributed by atoms with Crippen molar-refractivity contribution in [1.29, 1.82) is 0 Å². The number of aromatic carboxylic acids is 1. The van der Waals surface area contributed by atoms with Gasteiger partial charge in [0, 0.05) is 29.4 Å². The number of allylic oxidation sites excluding steroid dienone is 2. The molecule has 4 rings (SSSR count). The Morgan fingerprint density at radius 3 is 2.06 bits per heavy atom. The van der Waals surface area contributed by atoms with Crippen LogP contribution in [0.4, 0.5) is 11.4 Å². The number of carboxylic acid groups (broad SMARTS) is 1. The zero-order valence-corrected chi connectivity index (χ0v) is 19.1. The average molecular weight is 489 g/mol. The molecule has 0 aliphatic heterocycles. The third-order valence-electron chi connectivity index (χ3n) is 5.06. The number of hydrogen-bond acceptors (Lipinski definition) is 7. The van der Waals surface area contributed by atoms with Crippen LogP contribution in [0.1, 0.15) is 33.2 Å². The van der Waals surface area contributed by atoms with Crippen molar-refractivity contribution in [3.63, 3.8) is 0 Å². The summed E-state index contributed by atoms with van der Waals surface area (Å²) in [5.74, 6) is -1.99. The predicted molar refractivity (Wildman–Crippen MR) is 128 cm³/mol. The lowest BCUT2D eigenvalue weighted by atomic mass is 9.92. The summed E-state index contributed by atoms with van der Waals surface area (Å²) >= 11 is 0. The maximum atomic E-state index is 13.1. The van der Waals surface area contributed by atoms with Crippen molar-refractivity contribution in [3.8, 4) is 0 Å². The van der Waals surface area contributed by atoms with Gasteiger partial charge in [0.05, 0.1) is 22.3 Å². The number of amides is 1. The number of carbonyl (C=O) groups is 3. The van der Waals surface area contributed by atoms with E-state index >= 15 is 0 Å². The smallest absolute Gasteiger partial charge is 0.282 e. The maximum Gasteiger partial charge on any atom is 0.282 e. The Labute approximate surface area is 200 Å². The number of nitrogens with zero attached hydrogens (tertiary/aromatic N) is 1. The molecule has 176 valence electrons. The van der Waals surface area contributed by atoms with E-state index in [0.717, 1.165) is 24.3 Å². The second kappa shape index (κ2) is 9.35. The molecule has 9 nitrogen and oxygen atoms in total. The molecule has 1 aliphatic carbocycles. The van der Waals surface area contributed by atoms with E-state index < -0.39 is 16.0 Å². The SMILES string of the molecule is CC(=O)Nc1ccc(NC2=CC(=NS(=O)(=O)c3ccc(C(=O)[O-])cc3)c3ccccc3C2=O)cc1. The third kappa shape index (κ3) is 5.17. The van der Waals surface area contributed by atoms with Crippen LogP contribution in [0.15, 0.2) is 93.9 Å². The van der Waals surface area contributed by atoms with E-state index in [-0.39, 0.29) is 39.1 Å². The molecule has 35 heavy (non-hydrogen) atoms. The maximum absolute atomic E-state index is 13.1. The van der Waals surface area contributed by atoms with Gasteiger partial charge < -0.3 is 20.5 Å². The zero-order chi connectivity index (χ0) is 25.2. The lowest BCUT2D eigenvalue weighted by molar-refractivity contribution is -0.255. The standard InChI is InChI=1S/C25H19N3O6S/c1-15(29)26-17-8-10-18(11-9-17)27-23-14-22(20-4-2-3-5-21(20)24(23)30)28-35(33,34)19-12-6-16(7-13-19)25(31)32/h2-14,27H,1H3,(H,26,29)(H,31,32)/p-1. The van der Waals surface area contributed by atoms with Crippen molar-refractivity contribution >= 4 is 44.8 Å². The van der Waals surface area contributed by atoms with E-state index in [2.05, 4.69) is 15.0 Å². The van der Waals surface area contributed by atoms with Gasteiger partial charge in [0.2, 0.25) is 11.7 Å². The minimum Gasteiger partial charge on any atom is -0.545 e. The first-order valence-electron chi connectivity index (χ1n) is 10.3. The Balaban J connectivity index is 1.71. The lowest BCUT2D eigenvalue weighted by Crippen LogP contribution is -2.23. The van der Waals surface area contributed by atoms with Crippen molar-refractivity contribution in [1.82, 2.24) is 0 Å². The lowest BCUT2D eigenvalue weighted by Gasteiger charge is -2.19. The van der Waals surface area contributed by atoms with Crippen LogP contribution >= 0.6 is 0 Å². The van der Waals surface area contributed by atoms with Crippen LogP contribution in [0.25, 0.3) is 0 Å². The fourth-order valence-electron chi connectivity index (χ4n) is 3.44. The minimum absolute atomic E-state index is 0.0431. The van der Waals surface area contributed by atoms with Crippen LogP contribution in [0.2, 0.25) is 0 Å². The summed E-state index contributed by atoms with van der Waals surface area (Å²) in [6.45, 7) is 1.39. The van der Waals surface area contributed by atoms with Crippen molar-refractivity contribution in [2.24, 2.45) is 4.40 Å². The molecule has 0 heterocycles. The molecule has 1 aliphatic rings. The molecule has 3 aromatic rings. The van der Waals surface area contributed by atoms with Gasteiger partial charge in [-0.25, -0.2) is 0 Å². The quantitative estimate of drug-likeness (QED) is 0.542. The predicted octanol–water partition coefficient (Wildman–Crippen LogP) is 2.38. The molecule has 3 aromatic carbocycles. The number of ketones is 1. The van der Waals surface area contributed by atoms with Gasteiger partial charge in [0.25, 0.3) is 10.0 Å². The summed E-state index contributed by atoms with van der Waals surface area (Å²) in [6, 6.07) is 17.6. The van der Waals surface area contributed by atoms with Gasteiger partial charge >= 0.3 is 0 Å². The number of nitrogens with one attached hydrogen (secondary N) is 2. The molecular formula is C25H18N3O6S-. The van der Waals surface area contributed by atoms with Gasteiger partial charge in [-0.2, -0.15) is 12.8 Å². The molecule has 2 N–H and O–H groups in total. The second-order valence-electron chi connectivity index (χ2n) is 7.58. The number of benzene rings is 3. The van der Waals surface area contributed by atoms with Crippen molar-refractivity contribution < 1.29 is 27.9 Å². The summed E-state index contributed by atoms with van der Waals surface area (Å²) in [5, 5.41) is 16.6. The van der Waals surface area contributed by atoms with Crippen LogP contribution in [0.3, 0.4) is 0 Å². The molecule has 0 aromatic heterocycles. The Bertz CT molecular complexity index is 1510. The topological polar surface area (TPSA) is 145 Å². The van der Waals surface area contributed by atoms with E-state index in [1.165, 1.54) is 13.0 Å². The molecular weight excluding hydrogens is 470 g/mol. The number of sulfonamides is 1. The van der Waals surface area contributed by atoms with Crippen LogP contribution in [-0.2, 0) is 14.8 Å². The van der Waals surface area contributed by atoms with Crippen molar-refractivity contribution in [2.45, 2.75) is 11.8 Å². The first-order valence-corrected chi connectivity index (χ1v) is 11.7. The second-order valence-corrected chi connectivity index (χ2v) is 9.18. The van der Waals surface area contributed by atoms with E-state index in [1.807, 2.05) is 0 Å². The van der Waals surface area contributed by atoms with Crippen LogP contribution < -0.4 is 15.7 Å². The molecule has 0 bridgehead atoms. The molecule has 10 heteroatoms. The highest BCUT2D eigenvalue weighted by atomic mass is 32.2. The van der Waals surface area contributed by atoms with Gasteiger partial charge in [-0.1, -0.05) is 36.4 Å². The number of fused-ring (bicyclic) bond motifs is 1. The fraction of sp³-hybridized carbons (Fsp3) is 0.0400. The number of carboxylic acids is 1. The average Bonchev–Trinajstić information content (AvgIpc) is 2.83. The normalized spacial score (nSPS) is 14.1. The van der Waals surface area contributed by atoms with Crippen LogP contribution in [0, 0.1) is 0 Å². The molecule has 0 saturated carbocycles. The number of anilines is 2. The Morgan fingerprint density at radius 1 is 0.857 bits per heavy atom.